The van der Waals surface area contributed by atoms with Gasteiger partial charge >= 0.3 is 0 Å². The Bertz CT molecular complexity index is 988. The van der Waals surface area contributed by atoms with Gasteiger partial charge in [-0.05, 0) is 81.9 Å². The fraction of sp³-hybridized carbons (Fsp3) is 0.417. The van der Waals surface area contributed by atoms with Crippen molar-refractivity contribution in [3.63, 3.8) is 0 Å². The summed E-state index contributed by atoms with van der Waals surface area (Å²) in [5.74, 6) is -0.515. The van der Waals surface area contributed by atoms with Crippen LogP contribution in [-0.4, -0.2) is 50.8 Å². The molecule has 1 aromatic carbocycles. The van der Waals surface area contributed by atoms with E-state index in [9.17, 15) is 9.18 Å². The molecule has 0 spiro atoms. The first-order valence-electron chi connectivity index (χ1n) is 10.9. The highest BCUT2D eigenvalue weighted by atomic mass is 19.1. The van der Waals surface area contributed by atoms with Crippen molar-refractivity contribution in [2.24, 2.45) is 7.05 Å². The summed E-state index contributed by atoms with van der Waals surface area (Å²) in [6, 6.07) is 11.7. The molecule has 2 heterocycles. The molecule has 1 N–H and O–H groups in total. The second-order valence-electron chi connectivity index (χ2n) is 7.85. The van der Waals surface area contributed by atoms with Gasteiger partial charge in [0, 0.05) is 19.3 Å². The summed E-state index contributed by atoms with van der Waals surface area (Å²) in [7, 11) is 1.93. The van der Waals surface area contributed by atoms with E-state index in [2.05, 4.69) is 29.2 Å². The van der Waals surface area contributed by atoms with Crippen LogP contribution in [0.25, 0.3) is 17.1 Å². The molecule has 1 atom stereocenters. The predicted octanol–water partition coefficient (Wildman–Crippen LogP) is 4.26. The number of amides is 1. The second-order valence-corrected chi connectivity index (χ2v) is 7.85. The highest BCUT2D eigenvalue weighted by Gasteiger charge is 2.20. The molecule has 0 saturated carbocycles. The SMILES string of the molecule is CCN(CC)CCCC(C)NC(=O)c1cc(-c2cccn2C)nn1-c1ccc(F)cc1. The average molecular weight is 426 g/mol. The first kappa shape index (κ1) is 22.7. The minimum absolute atomic E-state index is 0.0399. The molecule has 7 heteroatoms. The Labute approximate surface area is 183 Å². The zero-order chi connectivity index (χ0) is 22.4. The van der Waals surface area contributed by atoms with E-state index in [-0.39, 0.29) is 17.8 Å². The fourth-order valence-corrected chi connectivity index (χ4v) is 3.71. The van der Waals surface area contributed by atoms with Crippen LogP contribution < -0.4 is 5.32 Å². The number of aromatic nitrogens is 3. The van der Waals surface area contributed by atoms with Crippen molar-refractivity contribution in [2.45, 2.75) is 39.7 Å². The molecule has 1 unspecified atom stereocenters. The monoisotopic (exact) mass is 425 g/mol. The topological polar surface area (TPSA) is 55.1 Å². The van der Waals surface area contributed by atoms with E-state index < -0.39 is 0 Å². The van der Waals surface area contributed by atoms with Crippen molar-refractivity contribution < 1.29 is 9.18 Å². The van der Waals surface area contributed by atoms with Crippen LogP contribution in [0.3, 0.4) is 0 Å². The van der Waals surface area contributed by atoms with E-state index in [1.807, 2.05) is 36.9 Å². The summed E-state index contributed by atoms with van der Waals surface area (Å²) in [6.07, 6.45) is 3.86. The molecule has 0 saturated heterocycles. The highest BCUT2D eigenvalue weighted by Crippen LogP contribution is 2.22. The highest BCUT2D eigenvalue weighted by molar-refractivity contribution is 5.94. The standard InChI is InChI=1S/C24H32FN5O/c1-5-29(6-2)16-7-9-18(3)26-24(31)23-17-21(22-10-8-15-28(22)4)27-30(23)20-13-11-19(25)12-14-20/h8,10-15,17-18H,5-7,9,16H2,1-4H3,(H,26,31). The molecule has 0 radical (unpaired) electrons. The van der Waals surface area contributed by atoms with Gasteiger partial charge in [0.1, 0.15) is 17.2 Å². The number of hydrogen-bond donors (Lipinski definition) is 1. The van der Waals surface area contributed by atoms with E-state index >= 15 is 0 Å². The fourth-order valence-electron chi connectivity index (χ4n) is 3.71. The summed E-state index contributed by atoms with van der Waals surface area (Å²) >= 11 is 0. The van der Waals surface area contributed by atoms with Crippen LogP contribution in [0.5, 0.6) is 0 Å². The normalized spacial score (nSPS) is 12.3. The molecular formula is C24H32FN5O. The van der Waals surface area contributed by atoms with Crippen LogP contribution >= 0.6 is 0 Å². The van der Waals surface area contributed by atoms with Gasteiger partial charge in [-0.3, -0.25) is 4.79 Å². The van der Waals surface area contributed by atoms with Crippen molar-refractivity contribution in [2.75, 3.05) is 19.6 Å². The lowest BCUT2D eigenvalue weighted by Gasteiger charge is -2.20. The molecule has 0 bridgehead atoms. The zero-order valence-electron chi connectivity index (χ0n) is 18.8. The average Bonchev–Trinajstić information content (AvgIpc) is 3.38. The van der Waals surface area contributed by atoms with E-state index in [1.54, 1.807) is 22.9 Å². The number of rotatable bonds is 10. The van der Waals surface area contributed by atoms with Gasteiger partial charge in [0.15, 0.2) is 0 Å². The van der Waals surface area contributed by atoms with Crippen LogP contribution in [0, 0.1) is 5.82 Å². The molecule has 0 aliphatic carbocycles. The summed E-state index contributed by atoms with van der Waals surface area (Å²) < 4.78 is 17.0. The second kappa shape index (κ2) is 10.4. The third kappa shape index (κ3) is 5.61. The minimum Gasteiger partial charge on any atom is -0.349 e. The molecule has 6 nitrogen and oxygen atoms in total. The quantitative estimate of drug-likeness (QED) is 0.528. The lowest BCUT2D eigenvalue weighted by atomic mass is 10.1. The van der Waals surface area contributed by atoms with Gasteiger partial charge in [0.25, 0.3) is 5.91 Å². The molecule has 0 aliphatic rings. The third-order valence-corrected chi connectivity index (χ3v) is 5.60. The minimum atomic E-state index is -0.327. The van der Waals surface area contributed by atoms with Crippen molar-refractivity contribution in [1.29, 1.82) is 0 Å². The Morgan fingerprint density at radius 3 is 2.52 bits per heavy atom. The van der Waals surface area contributed by atoms with Crippen LogP contribution in [0.15, 0.2) is 48.7 Å². The number of nitrogens with one attached hydrogen (secondary N) is 1. The lowest BCUT2D eigenvalue weighted by Crippen LogP contribution is -2.34. The van der Waals surface area contributed by atoms with Crippen LogP contribution in [0.2, 0.25) is 0 Å². The maximum absolute atomic E-state index is 13.4. The Morgan fingerprint density at radius 2 is 1.90 bits per heavy atom. The number of benzene rings is 1. The zero-order valence-corrected chi connectivity index (χ0v) is 18.8. The molecule has 0 aliphatic heterocycles. The molecule has 3 rings (SSSR count). The Kier molecular flexibility index (Phi) is 7.63. The third-order valence-electron chi connectivity index (χ3n) is 5.60. The van der Waals surface area contributed by atoms with E-state index in [0.29, 0.717) is 17.1 Å². The Hall–Kier alpha value is -2.93. The van der Waals surface area contributed by atoms with E-state index in [4.69, 9.17) is 0 Å². The van der Waals surface area contributed by atoms with E-state index in [1.165, 1.54) is 12.1 Å². The Morgan fingerprint density at radius 1 is 1.19 bits per heavy atom. The van der Waals surface area contributed by atoms with Gasteiger partial charge in [0.05, 0.1) is 11.4 Å². The number of aryl methyl sites for hydroxylation is 1. The first-order valence-corrected chi connectivity index (χ1v) is 10.9. The Balaban J connectivity index is 1.80. The molecule has 31 heavy (non-hydrogen) atoms. The number of carbonyl (C=O) groups excluding carboxylic acids is 1. The summed E-state index contributed by atoms with van der Waals surface area (Å²) in [5, 5.41) is 7.76. The van der Waals surface area contributed by atoms with Crippen molar-refractivity contribution in [3.8, 4) is 17.1 Å². The van der Waals surface area contributed by atoms with Crippen molar-refractivity contribution >= 4 is 5.91 Å². The lowest BCUT2D eigenvalue weighted by molar-refractivity contribution is 0.0929. The van der Waals surface area contributed by atoms with Gasteiger partial charge in [-0.1, -0.05) is 13.8 Å². The molecular weight excluding hydrogens is 393 g/mol. The summed E-state index contributed by atoms with van der Waals surface area (Å²) in [6.45, 7) is 9.45. The predicted molar refractivity (Wildman–Crippen MR) is 122 cm³/mol. The molecule has 166 valence electrons. The smallest absolute Gasteiger partial charge is 0.270 e. The van der Waals surface area contributed by atoms with Gasteiger partial charge < -0.3 is 14.8 Å². The largest absolute Gasteiger partial charge is 0.349 e. The van der Waals surface area contributed by atoms with Crippen LogP contribution in [-0.2, 0) is 7.05 Å². The van der Waals surface area contributed by atoms with Crippen LogP contribution in [0.4, 0.5) is 4.39 Å². The number of carbonyl (C=O) groups is 1. The van der Waals surface area contributed by atoms with E-state index in [0.717, 1.165) is 38.2 Å². The van der Waals surface area contributed by atoms with Gasteiger partial charge in [-0.25, -0.2) is 9.07 Å². The summed E-state index contributed by atoms with van der Waals surface area (Å²) in [4.78, 5) is 15.5. The molecule has 1 amide bonds. The number of hydrogen-bond acceptors (Lipinski definition) is 3. The molecule has 0 fully saturated rings. The maximum atomic E-state index is 13.4. The first-order chi connectivity index (χ1) is 14.9. The number of halogens is 1. The molecule has 2 aromatic heterocycles. The maximum Gasteiger partial charge on any atom is 0.270 e. The van der Waals surface area contributed by atoms with Gasteiger partial charge in [-0.2, -0.15) is 5.10 Å². The number of nitrogens with zero attached hydrogens (tertiary/aromatic N) is 4. The van der Waals surface area contributed by atoms with Crippen molar-refractivity contribution in [1.82, 2.24) is 24.6 Å². The van der Waals surface area contributed by atoms with Crippen LogP contribution in [0.1, 0.15) is 44.1 Å². The van der Waals surface area contributed by atoms with Crippen molar-refractivity contribution in [3.05, 3.63) is 60.2 Å². The summed E-state index contributed by atoms with van der Waals surface area (Å²) in [5.41, 5.74) is 2.66. The van der Waals surface area contributed by atoms with Gasteiger partial charge in [0.2, 0.25) is 0 Å². The molecule has 3 aromatic rings. The van der Waals surface area contributed by atoms with Gasteiger partial charge in [-0.15, -0.1) is 0 Å².